The largest absolute Gasteiger partial charge is 0.494 e. The number of carbonyl (C=O) groups is 2. The fourth-order valence-electron chi connectivity index (χ4n) is 4.09. The number of ether oxygens (including phenoxy) is 1. The Morgan fingerprint density at radius 3 is 2.19 bits per heavy atom. The van der Waals surface area contributed by atoms with Gasteiger partial charge in [0.1, 0.15) is 5.82 Å². The second kappa shape index (κ2) is 15.7. The maximum absolute atomic E-state index is 15.4. The van der Waals surface area contributed by atoms with Gasteiger partial charge >= 0.3 is 6.18 Å². The third-order valence-electron chi connectivity index (χ3n) is 6.26. The number of hydrogen-bond donors (Lipinski definition) is 1. The zero-order valence-electron chi connectivity index (χ0n) is 23.8. The van der Waals surface area contributed by atoms with E-state index in [1.165, 1.54) is 44.2 Å². The van der Waals surface area contributed by atoms with E-state index in [1.807, 2.05) is 37.3 Å². The number of benzene rings is 3. The van der Waals surface area contributed by atoms with Crippen molar-refractivity contribution in [3.8, 4) is 5.75 Å². The molecule has 3 aromatic rings. The average molecular weight is 592 g/mol. The number of hydrogen-bond acceptors (Lipinski definition) is 4. The van der Waals surface area contributed by atoms with Gasteiger partial charge in [-0.2, -0.15) is 13.2 Å². The smallest absolute Gasteiger partial charge is 0.416 e. The van der Waals surface area contributed by atoms with Gasteiger partial charge in [-0.05, 0) is 43.7 Å². The number of nitrogens with two attached hydrogens (primary N) is 1. The predicted molar refractivity (Wildman–Crippen MR) is 151 cm³/mol. The van der Waals surface area contributed by atoms with Crippen LogP contribution in [-0.4, -0.2) is 49.4 Å². The highest BCUT2D eigenvalue weighted by Gasteiger charge is 2.35. The molecular weight excluding hydrogens is 557 g/mol. The molecule has 2 N–H and O–H groups in total. The lowest BCUT2D eigenvalue weighted by Gasteiger charge is -2.26. The molecule has 6 nitrogen and oxygen atoms in total. The van der Waals surface area contributed by atoms with Crippen LogP contribution in [0.4, 0.5) is 22.0 Å². The van der Waals surface area contributed by atoms with Crippen LogP contribution in [0.5, 0.6) is 5.75 Å². The van der Waals surface area contributed by atoms with Crippen molar-refractivity contribution in [3.05, 3.63) is 106 Å². The molecule has 0 saturated carbocycles. The first-order valence-electron chi connectivity index (χ1n) is 13.0. The van der Waals surface area contributed by atoms with Crippen molar-refractivity contribution < 1.29 is 36.3 Å². The maximum atomic E-state index is 15.4. The molecule has 0 radical (unpaired) electrons. The summed E-state index contributed by atoms with van der Waals surface area (Å²) in [6.45, 7) is 3.32. The molecule has 0 spiro atoms. The quantitative estimate of drug-likeness (QED) is 0.177. The molecule has 3 rings (SSSR count). The topological polar surface area (TPSA) is 75.9 Å². The Balaban J connectivity index is 0.00000197. The van der Waals surface area contributed by atoms with Crippen LogP contribution in [0.1, 0.15) is 36.1 Å². The van der Waals surface area contributed by atoms with Crippen molar-refractivity contribution in [3.63, 3.8) is 0 Å². The monoisotopic (exact) mass is 591 g/mol. The van der Waals surface area contributed by atoms with Crippen LogP contribution >= 0.6 is 0 Å². The molecule has 0 bridgehead atoms. The minimum absolute atomic E-state index is 0.162. The van der Waals surface area contributed by atoms with E-state index in [0.717, 1.165) is 29.1 Å². The van der Waals surface area contributed by atoms with E-state index < -0.39 is 41.4 Å². The molecular formula is C31H34F5N3O3. The Morgan fingerprint density at radius 2 is 1.62 bits per heavy atom. The summed E-state index contributed by atoms with van der Waals surface area (Å²) in [5, 5.41) is 0. The second-order valence-corrected chi connectivity index (χ2v) is 9.15. The summed E-state index contributed by atoms with van der Waals surface area (Å²) in [6.07, 6.45) is -4.24. The van der Waals surface area contributed by atoms with Crippen molar-refractivity contribution in [1.29, 1.82) is 0 Å². The Labute approximate surface area is 242 Å². The van der Waals surface area contributed by atoms with E-state index in [4.69, 9.17) is 10.5 Å². The fourth-order valence-corrected chi connectivity index (χ4v) is 4.09. The first-order chi connectivity index (χ1) is 19.9. The number of methoxy groups -OCH3 is 1. The molecule has 226 valence electrons. The van der Waals surface area contributed by atoms with Crippen molar-refractivity contribution in [2.45, 2.75) is 33.0 Å². The molecule has 0 heterocycles. The predicted octanol–water partition coefficient (Wildman–Crippen LogP) is 6.05. The lowest BCUT2D eigenvalue weighted by molar-refractivity contribution is -0.139. The van der Waals surface area contributed by atoms with Crippen LogP contribution in [0.25, 0.3) is 5.57 Å². The fraction of sp³-hybridized carbons (Fsp3) is 0.290. The molecule has 0 aliphatic heterocycles. The lowest BCUT2D eigenvalue weighted by atomic mass is 9.99. The second-order valence-electron chi connectivity index (χ2n) is 9.15. The van der Waals surface area contributed by atoms with E-state index in [0.29, 0.717) is 12.5 Å². The summed E-state index contributed by atoms with van der Waals surface area (Å²) < 4.78 is 75.8. The normalized spacial score (nSPS) is 11.6. The van der Waals surface area contributed by atoms with E-state index in [9.17, 15) is 27.2 Å². The molecule has 42 heavy (non-hydrogen) atoms. The van der Waals surface area contributed by atoms with E-state index in [1.54, 1.807) is 0 Å². The van der Waals surface area contributed by atoms with Crippen molar-refractivity contribution >= 4 is 17.9 Å². The van der Waals surface area contributed by atoms with Crippen LogP contribution in [0.3, 0.4) is 0 Å². The molecule has 0 unspecified atom stereocenters. The first kappa shape index (κ1) is 34.0. The summed E-state index contributed by atoms with van der Waals surface area (Å²) in [5.74, 6) is -2.94. The maximum Gasteiger partial charge on any atom is 0.416 e. The molecule has 0 aromatic heterocycles. The zero-order valence-corrected chi connectivity index (χ0v) is 23.8. The van der Waals surface area contributed by atoms with Crippen LogP contribution in [0, 0.1) is 11.6 Å². The summed E-state index contributed by atoms with van der Waals surface area (Å²) in [4.78, 5) is 27.9. The number of rotatable bonds is 10. The van der Waals surface area contributed by atoms with Crippen LogP contribution in [0.15, 0.2) is 72.4 Å². The highest BCUT2D eigenvalue weighted by Crippen LogP contribution is 2.35. The molecule has 11 heteroatoms. The van der Waals surface area contributed by atoms with E-state index in [2.05, 4.69) is 0 Å². The summed E-state index contributed by atoms with van der Waals surface area (Å²) in [5.41, 5.74) is 3.08. The molecule has 0 fully saturated rings. The third-order valence-corrected chi connectivity index (χ3v) is 6.26. The van der Waals surface area contributed by atoms with Gasteiger partial charge in [0.2, 0.25) is 6.41 Å². The van der Waals surface area contributed by atoms with Gasteiger partial charge in [-0.15, -0.1) is 0 Å². The van der Waals surface area contributed by atoms with Gasteiger partial charge in [-0.3, -0.25) is 9.59 Å². The zero-order chi connectivity index (χ0) is 31.4. The van der Waals surface area contributed by atoms with Crippen molar-refractivity contribution in [2.75, 3.05) is 27.2 Å². The van der Waals surface area contributed by atoms with E-state index in [-0.39, 0.29) is 35.5 Å². The minimum Gasteiger partial charge on any atom is -0.494 e. The third kappa shape index (κ3) is 8.62. The van der Waals surface area contributed by atoms with Gasteiger partial charge in [0.15, 0.2) is 11.6 Å². The van der Waals surface area contributed by atoms with Crippen LogP contribution in [0.2, 0.25) is 0 Å². The Bertz CT molecular complexity index is 1380. The molecule has 0 aliphatic rings. The molecule has 2 amide bonds. The summed E-state index contributed by atoms with van der Waals surface area (Å²) >= 11 is 0. The number of likely N-dealkylation sites (N-methyl/N-ethyl adjacent to an activating group) is 1. The number of halogens is 5. The van der Waals surface area contributed by atoms with Gasteiger partial charge < -0.3 is 20.3 Å². The molecule has 0 saturated heterocycles. The Hall–Kier alpha value is -4.25. The Kier molecular flexibility index (Phi) is 12.7. The highest BCUT2D eigenvalue weighted by atomic mass is 19.4. The number of alkyl halides is 3. The van der Waals surface area contributed by atoms with Crippen LogP contribution < -0.4 is 10.5 Å². The summed E-state index contributed by atoms with van der Waals surface area (Å²) in [6, 6.07) is 15.8. The standard InChI is InChI=1S/C29H27F5N2O3.C2H7N/c1-19(36(18-37)17-22-23(29(32,33)34)12-8-13-24(22)30)26(21-11-7-14-25(39-3)27(21)31)28(38)35(2)16-15-20-9-5-4-6-10-20;1-2-3/h4-14,18H,15-17H2,1-3H3;2-3H2,1H3/b26-19-;. The molecule has 0 atom stereocenters. The van der Waals surface area contributed by atoms with Gasteiger partial charge in [0, 0.05) is 30.4 Å². The van der Waals surface area contributed by atoms with Gasteiger partial charge in [0.25, 0.3) is 5.91 Å². The number of nitrogens with zero attached hydrogens (tertiary/aromatic N) is 2. The minimum atomic E-state index is -4.89. The molecule has 0 aliphatic carbocycles. The first-order valence-corrected chi connectivity index (χ1v) is 13.0. The lowest BCUT2D eigenvalue weighted by Crippen LogP contribution is -2.32. The number of amides is 2. The number of carbonyl (C=O) groups excluding carboxylic acids is 2. The van der Waals surface area contributed by atoms with E-state index >= 15 is 4.39 Å². The van der Waals surface area contributed by atoms with Crippen LogP contribution in [-0.2, 0) is 28.7 Å². The SMILES string of the molecule is CCN.COc1cccc(/C(C(=O)N(C)CCc2ccccc2)=C(\C)N(C=O)Cc2c(F)cccc2C(F)(F)F)c1F. The molecule has 3 aromatic carbocycles. The Morgan fingerprint density at radius 1 is 1.00 bits per heavy atom. The van der Waals surface area contributed by atoms with Gasteiger partial charge in [0.05, 0.1) is 24.8 Å². The van der Waals surface area contributed by atoms with Crippen molar-refractivity contribution in [1.82, 2.24) is 9.80 Å². The summed E-state index contributed by atoms with van der Waals surface area (Å²) in [7, 11) is 2.72. The van der Waals surface area contributed by atoms with Crippen molar-refractivity contribution in [2.24, 2.45) is 5.73 Å². The average Bonchev–Trinajstić information content (AvgIpc) is 2.96. The number of allylic oxidation sites excluding steroid dienone is 1. The van der Waals surface area contributed by atoms with Gasteiger partial charge in [-0.1, -0.05) is 55.5 Å². The highest BCUT2D eigenvalue weighted by molar-refractivity contribution is 6.20. The van der Waals surface area contributed by atoms with Gasteiger partial charge in [-0.25, -0.2) is 8.78 Å².